The van der Waals surface area contributed by atoms with E-state index in [1.165, 1.54) is 24.5 Å². The van der Waals surface area contributed by atoms with E-state index in [4.69, 9.17) is 13.9 Å². The number of ether oxygens (including phenoxy) is 2. The number of methoxy groups -OCH3 is 1. The molecule has 0 radical (unpaired) electrons. The number of benzene rings is 2. The fourth-order valence-electron chi connectivity index (χ4n) is 2.94. The quantitative estimate of drug-likeness (QED) is 0.549. The predicted octanol–water partition coefficient (Wildman–Crippen LogP) is 2.24. The molecule has 154 valence electrons. The van der Waals surface area contributed by atoms with E-state index in [-0.39, 0.29) is 17.1 Å². The number of nitrogens with zero attached hydrogens (tertiary/aromatic N) is 2. The number of carbonyl (C=O) groups is 2. The average Bonchev–Trinajstić information content (AvgIpc) is 3.30. The Morgan fingerprint density at radius 1 is 1.13 bits per heavy atom. The van der Waals surface area contributed by atoms with E-state index in [1.54, 1.807) is 37.4 Å². The molecule has 0 bridgehead atoms. The lowest BCUT2D eigenvalue weighted by Gasteiger charge is -2.13. The van der Waals surface area contributed by atoms with Crippen LogP contribution in [0.25, 0.3) is 11.5 Å². The fraction of sp³-hybridized carbons (Fsp3) is 0.150. The highest BCUT2D eigenvalue weighted by Gasteiger charge is 2.42. The second-order valence-corrected chi connectivity index (χ2v) is 8.18. The Balaban J connectivity index is 1.39. The molecule has 0 N–H and O–H groups in total. The zero-order chi connectivity index (χ0) is 21.3. The summed E-state index contributed by atoms with van der Waals surface area (Å²) >= 11 is 0. The Morgan fingerprint density at radius 2 is 1.87 bits per heavy atom. The molecule has 30 heavy (non-hydrogen) atoms. The zero-order valence-corrected chi connectivity index (χ0v) is 16.6. The molecule has 1 aromatic heterocycles. The topological polar surface area (TPSA) is 116 Å². The maximum atomic E-state index is 12.5. The number of amides is 1. The number of oxazole rings is 1. The largest absolute Gasteiger partial charge is 0.497 e. The molecule has 0 atom stereocenters. The van der Waals surface area contributed by atoms with Gasteiger partial charge in [0.25, 0.3) is 15.9 Å². The predicted molar refractivity (Wildman–Crippen MR) is 103 cm³/mol. The van der Waals surface area contributed by atoms with Crippen LogP contribution in [0.3, 0.4) is 0 Å². The van der Waals surface area contributed by atoms with Gasteiger partial charge < -0.3 is 13.9 Å². The second kappa shape index (κ2) is 7.64. The number of esters is 1. The van der Waals surface area contributed by atoms with Gasteiger partial charge in [0.05, 0.1) is 12.7 Å². The van der Waals surface area contributed by atoms with Crippen molar-refractivity contribution in [3.05, 3.63) is 66.1 Å². The smallest absolute Gasteiger partial charge is 0.327 e. The summed E-state index contributed by atoms with van der Waals surface area (Å²) in [5, 5.41) is 0. The highest BCUT2D eigenvalue weighted by atomic mass is 32.2. The Morgan fingerprint density at radius 3 is 2.57 bits per heavy atom. The molecule has 1 amide bonds. The molecule has 2 aromatic carbocycles. The van der Waals surface area contributed by atoms with E-state index < -0.39 is 28.4 Å². The van der Waals surface area contributed by atoms with Gasteiger partial charge in [-0.25, -0.2) is 17.7 Å². The molecular formula is C20H16N2O7S. The number of aromatic nitrogens is 1. The number of fused-ring (bicyclic) bond motifs is 1. The van der Waals surface area contributed by atoms with Crippen LogP contribution in [0.15, 0.2) is 64.1 Å². The highest BCUT2D eigenvalue weighted by molar-refractivity contribution is 7.90. The molecule has 1 aliphatic heterocycles. The van der Waals surface area contributed by atoms with Crippen LogP contribution < -0.4 is 4.74 Å². The normalized spacial score (nSPS) is 14.4. The molecule has 0 spiro atoms. The van der Waals surface area contributed by atoms with Crippen molar-refractivity contribution in [2.75, 3.05) is 13.7 Å². The van der Waals surface area contributed by atoms with Gasteiger partial charge >= 0.3 is 5.97 Å². The third kappa shape index (κ3) is 3.52. The van der Waals surface area contributed by atoms with Crippen LogP contribution in [0, 0.1) is 0 Å². The molecule has 0 saturated heterocycles. The minimum atomic E-state index is -4.07. The molecular weight excluding hydrogens is 412 g/mol. The van der Waals surface area contributed by atoms with Crippen LogP contribution in [0.4, 0.5) is 0 Å². The lowest BCUT2D eigenvalue weighted by atomic mass is 10.2. The Kier molecular flexibility index (Phi) is 5.00. The van der Waals surface area contributed by atoms with Crippen LogP contribution in [0.1, 0.15) is 16.1 Å². The molecule has 4 rings (SSSR count). The van der Waals surface area contributed by atoms with Crippen LogP contribution in [0.2, 0.25) is 0 Å². The number of sulfonamides is 1. The third-order valence-corrected chi connectivity index (χ3v) is 6.24. The molecule has 9 nitrogen and oxygen atoms in total. The van der Waals surface area contributed by atoms with E-state index in [0.29, 0.717) is 27.2 Å². The number of hydrogen-bond acceptors (Lipinski definition) is 8. The summed E-state index contributed by atoms with van der Waals surface area (Å²) < 4.78 is 41.0. The first kappa shape index (κ1) is 19.6. The lowest BCUT2D eigenvalue weighted by molar-refractivity contribution is -0.144. The SMILES string of the molecule is COc1ccc(-c2nc(COC(=O)CN3C(=O)c4ccccc4S3(=O)=O)co2)cc1. The first-order chi connectivity index (χ1) is 14.4. The zero-order valence-electron chi connectivity index (χ0n) is 15.8. The van der Waals surface area contributed by atoms with Crippen LogP contribution in [0.5, 0.6) is 5.75 Å². The van der Waals surface area contributed by atoms with E-state index >= 15 is 0 Å². The van der Waals surface area contributed by atoms with Crippen molar-refractivity contribution in [2.45, 2.75) is 11.5 Å². The van der Waals surface area contributed by atoms with Crippen molar-refractivity contribution in [2.24, 2.45) is 0 Å². The fourth-order valence-corrected chi connectivity index (χ4v) is 4.46. The van der Waals surface area contributed by atoms with E-state index in [0.717, 1.165) is 0 Å². The van der Waals surface area contributed by atoms with E-state index in [2.05, 4.69) is 4.98 Å². The van der Waals surface area contributed by atoms with Gasteiger partial charge in [0.15, 0.2) is 0 Å². The third-order valence-electron chi connectivity index (χ3n) is 4.45. The minimum absolute atomic E-state index is 0.0333. The summed E-state index contributed by atoms with van der Waals surface area (Å²) in [6, 6.07) is 12.8. The molecule has 0 saturated carbocycles. The number of hydrogen-bond donors (Lipinski definition) is 0. The lowest BCUT2D eigenvalue weighted by Crippen LogP contribution is -2.35. The molecule has 0 aliphatic carbocycles. The maximum Gasteiger partial charge on any atom is 0.327 e. The highest BCUT2D eigenvalue weighted by Crippen LogP contribution is 2.29. The maximum absolute atomic E-state index is 12.5. The van der Waals surface area contributed by atoms with Gasteiger partial charge in [0.2, 0.25) is 5.89 Å². The number of rotatable bonds is 6. The van der Waals surface area contributed by atoms with Crippen molar-refractivity contribution >= 4 is 21.9 Å². The van der Waals surface area contributed by atoms with E-state index in [9.17, 15) is 18.0 Å². The van der Waals surface area contributed by atoms with Crippen LogP contribution in [-0.4, -0.2) is 43.2 Å². The first-order valence-electron chi connectivity index (χ1n) is 8.80. The summed E-state index contributed by atoms with van der Waals surface area (Å²) in [6.45, 7) is -0.952. The van der Waals surface area contributed by atoms with Gasteiger partial charge in [-0.3, -0.25) is 9.59 Å². The van der Waals surface area contributed by atoms with Crippen LogP contribution >= 0.6 is 0 Å². The summed E-state index contributed by atoms with van der Waals surface area (Å²) in [5.74, 6) is -0.621. The Bertz CT molecular complexity index is 1220. The van der Waals surface area contributed by atoms with Gasteiger partial charge in [0.1, 0.15) is 35.8 Å². The Labute approximate surface area is 171 Å². The Hall–Kier alpha value is -3.66. The summed E-state index contributed by atoms with van der Waals surface area (Å²) in [4.78, 5) is 28.6. The van der Waals surface area contributed by atoms with Crippen molar-refractivity contribution in [3.8, 4) is 17.2 Å². The van der Waals surface area contributed by atoms with Gasteiger partial charge in [-0.05, 0) is 36.4 Å². The monoisotopic (exact) mass is 428 g/mol. The van der Waals surface area contributed by atoms with Crippen molar-refractivity contribution in [1.29, 1.82) is 0 Å². The standard InChI is InChI=1S/C20H16N2O7S/c1-27-15-8-6-13(7-9-15)19-21-14(12-29-19)11-28-18(23)10-22-20(24)16-4-2-3-5-17(16)30(22,25)26/h2-9,12H,10-11H2,1H3. The van der Waals surface area contributed by atoms with Crippen molar-refractivity contribution in [1.82, 2.24) is 9.29 Å². The molecule has 3 aromatic rings. The summed E-state index contributed by atoms with van der Waals surface area (Å²) in [6.07, 6.45) is 1.33. The molecule has 10 heteroatoms. The molecule has 0 unspecified atom stereocenters. The van der Waals surface area contributed by atoms with Gasteiger partial charge in [-0.1, -0.05) is 12.1 Å². The molecule has 2 heterocycles. The van der Waals surface area contributed by atoms with Crippen LogP contribution in [-0.2, 0) is 26.2 Å². The van der Waals surface area contributed by atoms with Crippen molar-refractivity contribution < 1.29 is 31.9 Å². The summed E-state index contributed by atoms with van der Waals surface area (Å²) in [7, 11) is -2.51. The summed E-state index contributed by atoms with van der Waals surface area (Å²) in [5.41, 5.74) is 1.08. The number of carbonyl (C=O) groups excluding carboxylic acids is 2. The molecule has 0 fully saturated rings. The van der Waals surface area contributed by atoms with Gasteiger partial charge in [-0.15, -0.1) is 0 Å². The van der Waals surface area contributed by atoms with Gasteiger partial charge in [0, 0.05) is 5.56 Å². The van der Waals surface area contributed by atoms with Crippen molar-refractivity contribution in [3.63, 3.8) is 0 Å². The molecule has 1 aliphatic rings. The second-order valence-electron chi connectivity index (χ2n) is 6.35. The average molecular weight is 428 g/mol. The van der Waals surface area contributed by atoms with E-state index in [1.807, 2.05) is 0 Å². The van der Waals surface area contributed by atoms with Gasteiger partial charge in [-0.2, -0.15) is 0 Å². The first-order valence-corrected chi connectivity index (χ1v) is 10.2. The minimum Gasteiger partial charge on any atom is -0.497 e.